The summed E-state index contributed by atoms with van der Waals surface area (Å²) >= 11 is 0. The zero-order valence-corrected chi connectivity index (χ0v) is 12.2. The third kappa shape index (κ3) is 6.08. The maximum Gasteiger partial charge on any atom is 0.325 e. The summed E-state index contributed by atoms with van der Waals surface area (Å²) in [6.45, 7) is 4.34. The Morgan fingerprint density at radius 2 is 1.84 bits per heavy atom. The van der Waals surface area contributed by atoms with Crippen LogP contribution in [0.4, 0.5) is 0 Å². The summed E-state index contributed by atoms with van der Waals surface area (Å²) in [6.07, 6.45) is 8.07. The maximum atomic E-state index is 11.9. The van der Waals surface area contributed by atoms with Crippen LogP contribution in [0.3, 0.4) is 0 Å². The fraction of sp³-hybridized carbons (Fsp3) is 0.867. The molecule has 1 amide bonds. The highest BCUT2D eigenvalue weighted by Gasteiger charge is 2.26. The van der Waals surface area contributed by atoms with Gasteiger partial charge in [-0.2, -0.15) is 0 Å². The summed E-state index contributed by atoms with van der Waals surface area (Å²) in [7, 11) is 0. The molecule has 0 spiro atoms. The van der Waals surface area contributed by atoms with Crippen molar-refractivity contribution < 1.29 is 14.3 Å². The monoisotopic (exact) mass is 269 g/mol. The number of unbranched alkanes of at least 4 members (excludes halogenated alkanes) is 1. The van der Waals surface area contributed by atoms with Gasteiger partial charge < -0.3 is 10.1 Å². The largest absolute Gasteiger partial charge is 0.465 e. The smallest absolute Gasteiger partial charge is 0.325 e. The van der Waals surface area contributed by atoms with E-state index in [2.05, 4.69) is 12.2 Å². The van der Waals surface area contributed by atoms with E-state index >= 15 is 0 Å². The van der Waals surface area contributed by atoms with Gasteiger partial charge in [0.1, 0.15) is 6.54 Å². The Balaban J connectivity index is 2.19. The summed E-state index contributed by atoms with van der Waals surface area (Å²) < 4.78 is 4.79. The number of nitrogens with one attached hydrogen (secondary N) is 1. The van der Waals surface area contributed by atoms with Crippen LogP contribution in [0.25, 0.3) is 0 Å². The van der Waals surface area contributed by atoms with Gasteiger partial charge in [0, 0.05) is 5.92 Å². The van der Waals surface area contributed by atoms with E-state index in [1.165, 1.54) is 19.3 Å². The third-order valence-corrected chi connectivity index (χ3v) is 3.90. The molecule has 0 atom stereocenters. The molecule has 0 aromatic heterocycles. The Hall–Kier alpha value is -1.06. The van der Waals surface area contributed by atoms with Gasteiger partial charge in [0.05, 0.1) is 6.61 Å². The number of amides is 1. The second-order valence-corrected chi connectivity index (χ2v) is 5.38. The van der Waals surface area contributed by atoms with E-state index < -0.39 is 0 Å². The summed E-state index contributed by atoms with van der Waals surface area (Å²) in [5, 5.41) is 2.68. The van der Waals surface area contributed by atoms with Gasteiger partial charge in [0.2, 0.25) is 5.91 Å². The average Bonchev–Trinajstić information content (AvgIpc) is 2.43. The van der Waals surface area contributed by atoms with E-state index in [0.29, 0.717) is 6.61 Å². The van der Waals surface area contributed by atoms with Gasteiger partial charge in [-0.05, 0) is 38.5 Å². The van der Waals surface area contributed by atoms with Crippen LogP contribution in [0.15, 0.2) is 0 Å². The van der Waals surface area contributed by atoms with Crippen LogP contribution in [0, 0.1) is 11.8 Å². The Morgan fingerprint density at radius 1 is 1.16 bits per heavy atom. The predicted molar refractivity (Wildman–Crippen MR) is 74.6 cm³/mol. The lowest BCUT2D eigenvalue weighted by atomic mass is 9.79. The molecular weight excluding hydrogens is 242 g/mol. The van der Waals surface area contributed by atoms with Gasteiger partial charge in [0.25, 0.3) is 0 Å². The molecule has 4 heteroatoms. The fourth-order valence-electron chi connectivity index (χ4n) is 2.72. The van der Waals surface area contributed by atoms with Crippen LogP contribution in [0.5, 0.6) is 0 Å². The van der Waals surface area contributed by atoms with Crippen molar-refractivity contribution in [2.24, 2.45) is 11.8 Å². The Labute approximate surface area is 116 Å². The zero-order valence-electron chi connectivity index (χ0n) is 12.2. The topological polar surface area (TPSA) is 55.4 Å². The van der Waals surface area contributed by atoms with Crippen molar-refractivity contribution in [3.8, 4) is 0 Å². The second kappa shape index (κ2) is 8.94. The Bertz CT molecular complexity index is 283. The van der Waals surface area contributed by atoms with Gasteiger partial charge in [-0.3, -0.25) is 9.59 Å². The number of rotatable bonds is 7. The molecule has 0 aromatic carbocycles. The van der Waals surface area contributed by atoms with E-state index in [1.54, 1.807) is 6.92 Å². The molecule has 0 bridgehead atoms. The molecule has 0 aromatic rings. The first-order chi connectivity index (χ1) is 9.17. The van der Waals surface area contributed by atoms with E-state index in [1.807, 2.05) is 0 Å². The molecule has 110 valence electrons. The highest BCUT2D eigenvalue weighted by molar-refractivity contribution is 5.83. The van der Waals surface area contributed by atoms with Crippen molar-refractivity contribution in [3.05, 3.63) is 0 Å². The Morgan fingerprint density at radius 3 is 2.42 bits per heavy atom. The standard InChI is InChI=1S/C15H27NO3/c1-3-5-6-12-7-9-13(10-8-12)15(18)16-11-14(17)19-4-2/h12-13H,3-11H2,1-2H3,(H,16,18). The lowest BCUT2D eigenvalue weighted by Gasteiger charge is -2.27. The van der Waals surface area contributed by atoms with Crippen LogP contribution in [-0.2, 0) is 14.3 Å². The molecule has 1 saturated carbocycles. The van der Waals surface area contributed by atoms with Crippen LogP contribution >= 0.6 is 0 Å². The van der Waals surface area contributed by atoms with Crippen molar-refractivity contribution in [2.45, 2.75) is 58.8 Å². The minimum Gasteiger partial charge on any atom is -0.465 e. The molecule has 1 N–H and O–H groups in total. The maximum absolute atomic E-state index is 11.9. The molecule has 0 unspecified atom stereocenters. The molecule has 0 radical (unpaired) electrons. The minimum absolute atomic E-state index is 0.00242. The molecule has 0 aliphatic heterocycles. The summed E-state index contributed by atoms with van der Waals surface area (Å²) in [5.74, 6) is 0.552. The number of carbonyl (C=O) groups excluding carboxylic acids is 2. The van der Waals surface area contributed by atoms with Gasteiger partial charge in [-0.15, -0.1) is 0 Å². The van der Waals surface area contributed by atoms with Crippen molar-refractivity contribution in [1.82, 2.24) is 5.32 Å². The highest BCUT2D eigenvalue weighted by atomic mass is 16.5. The van der Waals surface area contributed by atoms with Crippen LogP contribution in [0.1, 0.15) is 58.8 Å². The van der Waals surface area contributed by atoms with Gasteiger partial charge >= 0.3 is 5.97 Å². The van der Waals surface area contributed by atoms with Crippen molar-refractivity contribution in [3.63, 3.8) is 0 Å². The summed E-state index contributed by atoms with van der Waals surface area (Å²) in [5.41, 5.74) is 0. The number of esters is 1. The van der Waals surface area contributed by atoms with E-state index in [0.717, 1.165) is 31.6 Å². The zero-order chi connectivity index (χ0) is 14.1. The first-order valence-corrected chi connectivity index (χ1v) is 7.60. The molecule has 0 saturated heterocycles. The lowest BCUT2D eigenvalue weighted by molar-refractivity contribution is -0.144. The molecule has 0 heterocycles. The molecule has 1 aliphatic rings. The highest BCUT2D eigenvalue weighted by Crippen LogP contribution is 2.31. The molecule has 1 rings (SSSR count). The van der Waals surface area contributed by atoms with E-state index in [-0.39, 0.29) is 24.3 Å². The molecule has 1 aliphatic carbocycles. The number of hydrogen-bond donors (Lipinski definition) is 1. The molecule has 4 nitrogen and oxygen atoms in total. The molecule has 1 fully saturated rings. The summed E-state index contributed by atoms with van der Waals surface area (Å²) in [4.78, 5) is 23.1. The van der Waals surface area contributed by atoms with Crippen molar-refractivity contribution in [2.75, 3.05) is 13.2 Å². The van der Waals surface area contributed by atoms with Crippen LogP contribution in [0.2, 0.25) is 0 Å². The normalized spacial score (nSPS) is 22.8. The van der Waals surface area contributed by atoms with Crippen LogP contribution < -0.4 is 5.32 Å². The SMILES string of the molecule is CCCCC1CCC(C(=O)NCC(=O)OCC)CC1. The Kier molecular flexibility index (Phi) is 7.53. The van der Waals surface area contributed by atoms with Crippen molar-refractivity contribution in [1.29, 1.82) is 0 Å². The molecular formula is C15H27NO3. The lowest BCUT2D eigenvalue weighted by Crippen LogP contribution is -2.36. The van der Waals surface area contributed by atoms with Crippen LogP contribution in [-0.4, -0.2) is 25.0 Å². The fourth-order valence-corrected chi connectivity index (χ4v) is 2.72. The number of ether oxygens (including phenoxy) is 1. The predicted octanol–water partition coefficient (Wildman–Crippen LogP) is 2.66. The van der Waals surface area contributed by atoms with Gasteiger partial charge in [0.15, 0.2) is 0 Å². The average molecular weight is 269 g/mol. The molecule has 19 heavy (non-hydrogen) atoms. The van der Waals surface area contributed by atoms with Gasteiger partial charge in [-0.25, -0.2) is 0 Å². The first kappa shape index (κ1) is 16.0. The van der Waals surface area contributed by atoms with E-state index in [9.17, 15) is 9.59 Å². The second-order valence-electron chi connectivity index (χ2n) is 5.38. The van der Waals surface area contributed by atoms with E-state index in [4.69, 9.17) is 4.74 Å². The quantitative estimate of drug-likeness (QED) is 0.723. The van der Waals surface area contributed by atoms with Gasteiger partial charge in [-0.1, -0.05) is 26.2 Å². The third-order valence-electron chi connectivity index (χ3n) is 3.90. The minimum atomic E-state index is -0.354. The number of hydrogen-bond acceptors (Lipinski definition) is 3. The first-order valence-electron chi connectivity index (χ1n) is 7.60. The number of carbonyl (C=O) groups is 2. The summed E-state index contributed by atoms with van der Waals surface area (Å²) in [6, 6.07) is 0. The van der Waals surface area contributed by atoms with Crippen molar-refractivity contribution >= 4 is 11.9 Å².